The molecule has 0 saturated carbocycles. The molecule has 128 valence electrons. The van der Waals surface area contributed by atoms with Gasteiger partial charge >= 0.3 is 0 Å². The fraction of sp³-hybridized carbons (Fsp3) is 0.316. The van der Waals surface area contributed by atoms with E-state index in [1.165, 1.54) is 11.1 Å². The summed E-state index contributed by atoms with van der Waals surface area (Å²) in [5.41, 5.74) is 2.48. The Bertz CT molecular complexity index is 654. The SMILES string of the molecule is CN=C(NCCOc1cccc(OC)c1)NCc1ccc(C)cc1. The summed E-state index contributed by atoms with van der Waals surface area (Å²) in [5.74, 6) is 2.33. The summed E-state index contributed by atoms with van der Waals surface area (Å²) in [6.45, 7) is 4.01. The van der Waals surface area contributed by atoms with Gasteiger partial charge in [-0.25, -0.2) is 0 Å². The Balaban J connectivity index is 1.70. The zero-order chi connectivity index (χ0) is 17.2. The number of rotatable bonds is 7. The average molecular weight is 327 g/mol. The van der Waals surface area contributed by atoms with Crippen molar-refractivity contribution in [2.75, 3.05) is 27.3 Å². The topological polar surface area (TPSA) is 54.9 Å². The first-order chi connectivity index (χ1) is 11.7. The summed E-state index contributed by atoms with van der Waals surface area (Å²) < 4.78 is 10.9. The van der Waals surface area contributed by atoms with Crippen molar-refractivity contribution in [3.8, 4) is 11.5 Å². The van der Waals surface area contributed by atoms with E-state index in [-0.39, 0.29) is 0 Å². The van der Waals surface area contributed by atoms with Crippen LogP contribution in [0.25, 0.3) is 0 Å². The number of aryl methyl sites for hydroxylation is 1. The molecule has 0 unspecified atom stereocenters. The van der Waals surface area contributed by atoms with Gasteiger partial charge in [0.2, 0.25) is 0 Å². The molecule has 0 atom stereocenters. The first-order valence-corrected chi connectivity index (χ1v) is 7.98. The molecule has 2 aromatic carbocycles. The standard InChI is InChI=1S/C19H25N3O2/c1-15-7-9-16(10-8-15)14-22-19(20-2)21-11-12-24-18-6-4-5-17(13-18)23-3/h4-10,13H,11-12,14H2,1-3H3,(H2,20,21,22). The molecule has 2 aromatic rings. The predicted molar refractivity (Wildman–Crippen MR) is 97.9 cm³/mol. The summed E-state index contributed by atoms with van der Waals surface area (Å²) in [4.78, 5) is 4.21. The Morgan fingerprint density at radius 2 is 1.79 bits per heavy atom. The van der Waals surface area contributed by atoms with Crippen molar-refractivity contribution in [1.29, 1.82) is 0 Å². The van der Waals surface area contributed by atoms with Crippen LogP contribution in [-0.4, -0.2) is 33.3 Å². The van der Waals surface area contributed by atoms with E-state index >= 15 is 0 Å². The van der Waals surface area contributed by atoms with E-state index in [0.717, 1.165) is 24.0 Å². The zero-order valence-corrected chi connectivity index (χ0v) is 14.5. The number of ether oxygens (including phenoxy) is 2. The molecule has 24 heavy (non-hydrogen) atoms. The second-order valence-electron chi connectivity index (χ2n) is 5.37. The summed E-state index contributed by atoms with van der Waals surface area (Å²) in [7, 11) is 3.40. The molecule has 0 aliphatic carbocycles. The maximum absolute atomic E-state index is 5.69. The van der Waals surface area contributed by atoms with Gasteiger partial charge in [-0.15, -0.1) is 0 Å². The van der Waals surface area contributed by atoms with Crippen molar-refractivity contribution >= 4 is 5.96 Å². The lowest BCUT2D eigenvalue weighted by molar-refractivity contribution is 0.319. The molecule has 0 aliphatic rings. The van der Waals surface area contributed by atoms with Gasteiger partial charge in [-0.1, -0.05) is 35.9 Å². The monoisotopic (exact) mass is 327 g/mol. The lowest BCUT2D eigenvalue weighted by Gasteiger charge is -2.13. The van der Waals surface area contributed by atoms with Crippen LogP contribution in [-0.2, 0) is 6.54 Å². The molecule has 0 saturated heterocycles. The smallest absolute Gasteiger partial charge is 0.191 e. The van der Waals surface area contributed by atoms with Crippen LogP contribution >= 0.6 is 0 Å². The van der Waals surface area contributed by atoms with E-state index in [0.29, 0.717) is 13.2 Å². The van der Waals surface area contributed by atoms with Crippen molar-refractivity contribution in [3.63, 3.8) is 0 Å². The van der Waals surface area contributed by atoms with Gasteiger partial charge in [-0.05, 0) is 24.6 Å². The normalized spacial score (nSPS) is 11.0. The van der Waals surface area contributed by atoms with Crippen molar-refractivity contribution in [3.05, 3.63) is 59.7 Å². The van der Waals surface area contributed by atoms with E-state index in [4.69, 9.17) is 9.47 Å². The van der Waals surface area contributed by atoms with Gasteiger partial charge in [-0.3, -0.25) is 4.99 Å². The van der Waals surface area contributed by atoms with Crippen molar-refractivity contribution < 1.29 is 9.47 Å². The van der Waals surface area contributed by atoms with E-state index in [1.54, 1.807) is 14.2 Å². The summed E-state index contributed by atoms with van der Waals surface area (Å²) in [6, 6.07) is 16.0. The van der Waals surface area contributed by atoms with E-state index in [1.807, 2.05) is 24.3 Å². The van der Waals surface area contributed by atoms with Gasteiger partial charge in [-0.2, -0.15) is 0 Å². The lowest BCUT2D eigenvalue weighted by Crippen LogP contribution is -2.38. The average Bonchev–Trinajstić information content (AvgIpc) is 2.62. The molecule has 2 N–H and O–H groups in total. The van der Waals surface area contributed by atoms with Gasteiger partial charge in [0.1, 0.15) is 18.1 Å². The van der Waals surface area contributed by atoms with Gasteiger partial charge in [0.05, 0.1) is 13.7 Å². The molecule has 0 aliphatic heterocycles. The van der Waals surface area contributed by atoms with Crippen LogP contribution in [0.1, 0.15) is 11.1 Å². The molecular formula is C19H25N3O2. The molecular weight excluding hydrogens is 302 g/mol. The highest BCUT2D eigenvalue weighted by molar-refractivity contribution is 5.79. The minimum atomic E-state index is 0.540. The molecule has 5 nitrogen and oxygen atoms in total. The van der Waals surface area contributed by atoms with Gasteiger partial charge in [0.15, 0.2) is 5.96 Å². The quantitative estimate of drug-likeness (QED) is 0.466. The highest BCUT2D eigenvalue weighted by Crippen LogP contribution is 2.18. The van der Waals surface area contributed by atoms with Crippen LogP contribution in [0.5, 0.6) is 11.5 Å². The molecule has 0 spiro atoms. The summed E-state index contributed by atoms with van der Waals surface area (Å²) in [5, 5.41) is 6.52. The first-order valence-electron chi connectivity index (χ1n) is 7.98. The number of hydrogen-bond donors (Lipinski definition) is 2. The van der Waals surface area contributed by atoms with Crippen LogP contribution in [0.3, 0.4) is 0 Å². The maximum Gasteiger partial charge on any atom is 0.191 e. The van der Waals surface area contributed by atoms with E-state index < -0.39 is 0 Å². The van der Waals surface area contributed by atoms with Crippen LogP contribution in [0, 0.1) is 6.92 Å². The number of nitrogens with one attached hydrogen (secondary N) is 2. The number of guanidine groups is 1. The minimum Gasteiger partial charge on any atom is -0.497 e. The highest BCUT2D eigenvalue weighted by Gasteiger charge is 2.00. The Labute approximate surface area is 143 Å². The predicted octanol–water partition coefficient (Wildman–Crippen LogP) is 2.75. The molecule has 0 amide bonds. The van der Waals surface area contributed by atoms with Crippen LogP contribution < -0.4 is 20.1 Å². The minimum absolute atomic E-state index is 0.540. The van der Waals surface area contributed by atoms with E-state index in [9.17, 15) is 0 Å². The molecule has 0 aromatic heterocycles. The second kappa shape index (κ2) is 9.45. The summed E-state index contributed by atoms with van der Waals surface area (Å²) in [6.07, 6.45) is 0. The van der Waals surface area contributed by atoms with Crippen LogP contribution in [0.15, 0.2) is 53.5 Å². The fourth-order valence-electron chi connectivity index (χ4n) is 2.14. The summed E-state index contributed by atoms with van der Waals surface area (Å²) >= 11 is 0. The van der Waals surface area contributed by atoms with Gasteiger partial charge in [0.25, 0.3) is 0 Å². The molecule has 0 fully saturated rings. The third-order valence-corrected chi connectivity index (χ3v) is 3.51. The fourth-order valence-corrected chi connectivity index (χ4v) is 2.14. The molecule has 0 heterocycles. The zero-order valence-electron chi connectivity index (χ0n) is 14.5. The third-order valence-electron chi connectivity index (χ3n) is 3.51. The number of benzene rings is 2. The Hall–Kier alpha value is -2.69. The van der Waals surface area contributed by atoms with Crippen molar-refractivity contribution in [1.82, 2.24) is 10.6 Å². The Kier molecular flexibility index (Phi) is 6.95. The number of nitrogens with zero attached hydrogens (tertiary/aromatic N) is 1. The van der Waals surface area contributed by atoms with Crippen LogP contribution in [0.2, 0.25) is 0 Å². The number of hydrogen-bond acceptors (Lipinski definition) is 3. The maximum atomic E-state index is 5.69. The molecule has 0 bridgehead atoms. The highest BCUT2D eigenvalue weighted by atomic mass is 16.5. The van der Waals surface area contributed by atoms with Gasteiger partial charge in [0, 0.05) is 19.7 Å². The number of methoxy groups -OCH3 is 1. The van der Waals surface area contributed by atoms with E-state index in [2.05, 4.69) is 46.8 Å². The molecule has 0 radical (unpaired) electrons. The Morgan fingerprint density at radius 3 is 2.50 bits per heavy atom. The molecule has 5 heteroatoms. The largest absolute Gasteiger partial charge is 0.497 e. The third kappa shape index (κ3) is 5.83. The van der Waals surface area contributed by atoms with Crippen molar-refractivity contribution in [2.45, 2.75) is 13.5 Å². The molecule has 2 rings (SSSR count). The Morgan fingerprint density at radius 1 is 1.04 bits per heavy atom. The number of aliphatic imine (C=N–C) groups is 1. The van der Waals surface area contributed by atoms with Crippen LogP contribution in [0.4, 0.5) is 0 Å². The lowest BCUT2D eigenvalue weighted by atomic mass is 10.1. The first kappa shape index (κ1) is 17.7. The van der Waals surface area contributed by atoms with Crippen molar-refractivity contribution in [2.24, 2.45) is 4.99 Å². The van der Waals surface area contributed by atoms with Gasteiger partial charge < -0.3 is 20.1 Å². The second-order valence-corrected chi connectivity index (χ2v) is 5.37.